The molecular formula is C30H65NO2. The fourth-order valence-corrected chi connectivity index (χ4v) is 3.72. The average Bonchev–Trinajstić information content (AvgIpc) is 2.77. The molecule has 0 aromatic heterocycles. The van der Waals surface area contributed by atoms with Crippen LogP contribution in [0.5, 0.6) is 0 Å². The predicted octanol–water partition coefficient (Wildman–Crippen LogP) is 10.1. The largest absolute Gasteiger partial charge is 0.346 e. The van der Waals surface area contributed by atoms with E-state index in [4.69, 9.17) is 0 Å². The van der Waals surface area contributed by atoms with E-state index in [9.17, 15) is 9.59 Å². The number of amides is 1. The summed E-state index contributed by atoms with van der Waals surface area (Å²) < 4.78 is 0. The van der Waals surface area contributed by atoms with Gasteiger partial charge in [0.25, 0.3) is 0 Å². The van der Waals surface area contributed by atoms with Gasteiger partial charge in [0, 0.05) is 7.85 Å². The summed E-state index contributed by atoms with van der Waals surface area (Å²) in [5, 5.41) is 2.91. The lowest BCUT2D eigenvalue weighted by atomic mass is 10.0. The number of carbonyl (C=O) groups is 2. The van der Waals surface area contributed by atoms with Crippen LogP contribution >= 0.6 is 0 Å². The van der Waals surface area contributed by atoms with Gasteiger partial charge in [0.15, 0.2) is 5.78 Å². The van der Waals surface area contributed by atoms with Gasteiger partial charge in [0.1, 0.15) is 0 Å². The minimum Gasteiger partial charge on any atom is -0.346 e. The number of rotatable bonds is 20. The molecule has 0 bridgehead atoms. The standard InChI is InChI=1S/C25H49NO2.C3H8.C2H6.H2/c1-5-6-7-8-9-10-11-12-13-14-15-16-17-18-19-20-25(28)26-24(23(4)27)21-22(2)3;1-3-2;1-2;/h22,24H,5-21H2,1-4H3,(H,26,28);3H2,1-2H3;1-2H3;1H. The lowest BCUT2D eigenvalue weighted by Crippen LogP contribution is -2.40. The fraction of sp³-hybridized carbons (Fsp3) is 0.933. The molecule has 0 rings (SSSR count). The zero-order valence-corrected chi connectivity index (χ0v) is 24.2. The van der Waals surface area contributed by atoms with Gasteiger partial charge < -0.3 is 5.32 Å². The maximum Gasteiger partial charge on any atom is 0.220 e. The van der Waals surface area contributed by atoms with E-state index in [0.717, 1.165) is 19.3 Å². The van der Waals surface area contributed by atoms with Crippen LogP contribution in [0.15, 0.2) is 0 Å². The van der Waals surface area contributed by atoms with E-state index in [-0.39, 0.29) is 19.2 Å². The van der Waals surface area contributed by atoms with Gasteiger partial charge in [-0.15, -0.1) is 0 Å². The summed E-state index contributed by atoms with van der Waals surface area (Å²) in [5.74, 6) is 0.522. The molecule has 1 atom stereocenters. The summed E-state index contributed by atoms with van der Waals surface area (Å²) in [7, 11) is 0. The molecule has 3 heteroatoms. The van der Waals surface area contributed by atoms with Crippen molar-refractivity contribution in [3.63, 3.8) is 0 Å². The summed E-state index contributed by atoms with van der Waals surface area (Å²) >= 11 is 0. The van der Waals surface area contributed by atoms with E-state index in [1.54, 1.807) is 6.92 Å². The second-order valence-corrected chi connectivity index (χ2v) is 9.77. The quantitative estimate of drug-likeness (QED) is 0.179. The van der Waals surface area contributed by atoms with Crippen LogP contribution in [0.2, 0.25) is 0 Å². The summed E-state index contributed by atoms with van der Waals surface area (Å²) in [6.07, 6.45) is 22.5. The Morgan fingerprint density at radius 1 is 0.667 bits per heavy atom. The van der Waals surface area contributed by atoms with Crippen LogP contribution in [0.3, 0.4) is 0 Å². The Bertz CT molecular complexity index is 399. The molecule has 1 amide bonds. The van der Waals surface area contributed by atoms with Crippen LogP contribution in [0.4, 0.5) is 0 Å². The second-order valence-electron chi connectivity index (χ2n) is 9.77. The molecule has 0 aromatic rings. The van der Waals surface area contributed by atoms with E-state index in [1.807, 2.05) is 13.8 Å². The number of carbonyl (C=O) groups excluding carboxylic acids is 2. The average molecular weight is 472 g/mol. The van der Waals surface area contributed by atoms with Crippen LogP contribution in [-0.2, 0) is 9.59 Å². The molecule has 0 radical (unpaired) electrons. The van der Waals surface area contributed by atoms with Crippen molar-refractivity contribution in [1.29, 1.82) is 0 Å². The number of hydrogen-bond acceptors (Lipinski definition) is 2. The van der Waals surface area contributed by atoms with E-state index in [2.05, 4.69) is 39.9 Å². The lowest BCUT2D eigenvalue weighted by molar-refractivity contribution is -0.127. The van der Waals surface area contributed by atoms with E-state index in [1.165, 1.54) is 89.9 Å². The summed E-state index contributed by atoms with van der Waals surface area (Å²) in [5.41, 5.74) is 0. The molecule has 0 fully saturated rings. The van der Waals surface area contributed by atoms with Gasteiger partial charge >= 0.3 is 0 Å². The first-order valence-electron chi connectivity index (χ1n) is 14.7. The predicted molar refractivity (Wildman–Crippen MR) is 151 cm³/mol. The normalized spacial score (nSPS) is 11.2. The number of unbranched alkanes of at least 4 members (excludes halogenated alkanes) is 14. The lowest BCUT2D eigenvalue weighted by Gasteiger charge is -2.17. The zero-order valence-electron chi connectivity index (χ0n) is 24.2. The van der Waals surface area contributed by atoms with Gasteiger partial charge in [-0.2, -0.15) is 0 Å². The van der Waals surface area contributed by atoms with Gasteiger partial charge in [0.05, 0.1) is 6.04 Å². The molecule has 0 aliphatic rings. The van der Waals surface area contributed by atoms with Crippen molar-refractivity contribution in [2.75, 3.05) is 0 Å². The molecule has 1 unspecified atom stereocenters. The molecule has 0 aromatic carbocycles. The highest BCUT2D eigenvalue weighted by Crippen LogP contribution is 2.14. The monoisotopic (exact) mass is 472 g/mol. The zero-order chi connectivity index (χ0) is 25.7. The maximum atomic E-state index is 12.0. The van der Waals surface area contributed by atoms with E-state index in [0.29, 0.717) is 12.3 Å². The molecule has 0 aliphatic heterocycles. The molecule has 202 valence electrons. The summed E-state index contributed by atoms with van der Waals surface area (Å²) in [6, 6.07) is -0.302. The Hall–Kier alpha value is -0.860. The number of hydrogen-bond donors (Lipinski definition) is 1. The SMILES string of the molecule is CC.CCC.CCCCCCCCCCCCCCCCCC(=O)NC(CC(C)C)C(C)=O.[HH]. The van der Waals surface area contributed by atoms with Crippen LogP contribution in [0, 0.1) is 5.92 Å². The van der Waals surface area contributed by atoms with E-state index < -0.39 is 0 Å². The third-order valence-corrected chi connectivity index (χ3v) is 5.54. The molecule has 0 saturated carbocycles. The van der Waals surface area contributed by atoms with Gasteiger partial charge in [-0.05, 0) is 25.7 Å². The van der Waals surface area contributed by atoms with Gasteiger partial charge in [-0.25, -0.2) is 0 Å². The van der Waals surface area contributed by atoms with Gasteiger partial charge in [-0.1, -0.05) is 145 Å². The summed E-state index contributed by atoms with van der Waals surface area (Å²) in [6.45, 7) is 16.3. The fourth-order valence-electron chi connectivity index (χ4n) is 3.72. The first kappa shape index (κ1) is 36.7. The van der Waals surface area contributed by atoms with Crippen LogP contribution in [-0.4, -0.2) is 17.7 Å². The molecule has 1 N–H and O–H groups in total. The Morgan fingerprint density at radius 2 is 1.00 bits per heavy atom. The van der Waals surface area contributed by atoms with Crippen LogP contribution in [0.25, 0.3) is 0 Å². The van der Waals surface area contributed by atoms with Crippen molar-refractivity contribution in [3.05, 3.63) is 0 Å². The van der Waals surface area contributed by atoms with Crippen LogP contribution in [0.1, 0.15) is 172 Å². The molecule has 33 heavy (non-hydrogen) atoms. The maximum absolute atomic E-state index is 12.0. The molecule has 3 nitrogen and oxygen atoms in total. The topological polar surface area (TPSA) is 46.2 Å². The van der Waals surface area contributed by atoms with Crippen molar-refractivity contribution in [1.82, 2.24) is 5.32 Å². The molecule has 0 aliphatic carbocycles. The molecule has 0 saturated heterocycles. The Morgan fingerprint density at radius 3 is 1.30 bits per heavy atom. The van der Waals surface area contributed by atoms with Crippen molar-refractivity contribution in [2.24, 2.45) is 5.92 Å². The van der Waals surface area contributed by atoms with Gasteiger partial charge in [0.2, 0.25) is 5.91 Å². The van der Waals surface area contributed by atoms with Crippen molar-refractivity contribution >= 4 is 11.7 Å². The Balaban J connectivity index is -0.000000689. The second kappa shape index (κ2) is 31.1. The van der Waals surface area contributed by atoms with Crippen molar-refractivity contribution < 1.29 is 11.0 Å². The first-order valence-corrected chi connectivity index (χ1v) is 14.7. The molecule has 0 heterocycles. The smallest absolute Gasteiger partial charge is 0.220 e. The van der Waals surface area contributed by atoms with Gasteiger partial charge in [-0.3, -0.25) is 9.59 Å². The van der Waals surface area contributed by atoms with Crippen molar-refractivity contribution in [3.8, 4) is 0 Å². The Labute approximate surface area is 211 Å². The highest BCUT2D eigenvalue weighted by atomic mass is 16.2. The number of Topliss-reactive ketones (excluding diaryl/α,β-unsaturated/α-hetero) is 1. The summed E-state index contributed by atoms with van der Waals surface area (Å²) in [4.78, 5) is 23.6. The number of nitrogens with one attached hydrogen (secondary N) is 1. The van der Waals surface area contributed by atoms with Crippen molar-refractivity contribution in [2.45, 2.75) is 177 Å². The first-order chi connectivity index (χ1) is 15.9. The molecular weight excluding hydrogens is 406 g/mol. The minimum atomic E-state index is -0.302. The highest BCUT2D eigenvalue weighted by Gasteiger charge is 2.17. The molecule has 0 spiro atoms. The highest BCUT2D eigenvalue weighted by molar-refractivity contribution is 5.87. The van der Waals surface area contributed by atoms with Crippen LogP contribution < -0.4 is 5.32 Å². The van der Waals surface area contributed by atoms with E-state index >= 15 is 0 Å². The third kappa shape index (κ3) is 33.4. The number of ketones is 1. The Kier molecular flexibility index (Phi) is 34.6. The third-order valence-electron chi connectivity index (χ3n) is 5.54. The minimum absolute atomic E-state index is 0.